The maximum absolute atomic E-state index is 4.40. The zero-order valence-electron chi connectivity index (χ0n) is 3.68. The summed E-state index contributed by atoms with van der Waals surface area (Å²) in [6.07, 6.45) is 1.28. The minimum atomic E-state index is 1.19. The molecule has 0 rings (SSSR count). The zero-order valence-corrected chi connectivity index (χ0v) is 3.68. The van der Waals surface area contributed by atoms with E-state index >= 15 is 0 Å². The van der Waals surface area contributed by atoms with Gasteiger partial charge < -0.3 is 9.31 Å². The van der Waals surface area contributed by atoms with Crippen LogP contribution in [0.25, 0.3) is 0 Å². The van der Waals surface area contributed by atoms with Gasteiger partial charge in [-0.15, -0.1) is 0 Å². The summed E-state index contributed by atoms with van der Waals surface area (Å²) in [6.45, 7) is 3.26. The van der Waals surface area contributed by atoms with Crippen molar-refractivity contribution in [1.29, 1.82) is 0 Å². The van der Waals surface area contributed by atoms with Crippen molar-refractivity contribution in [2.75, 3.05) is 7.11 Å². The maximum Gasteiger partial charge on any atom is 0.571 e. The minimum Gasteiger partial charge on any atom is -0.544 e. The molecule has 0 aromatic heterocycles. The molecule has 2 nitrogen and oxygen atoms in total. The lowest BCUT2D eigenvalue weighted by Gasteiger charge is -1.87. The van der Waals surface area contributed by atoms with Gasteiger partial charge in [0.2, 0.25) is 0 Å². The first-order chi connectivity index (χ1) is 2.91. The van der Waals surface area contributed by atoms with E-state index in [4.69, 9.17) is 0 Å². The van der Waals surface area contributed by atoms with E-state index in [0.717, 1.165) is 0 Å². The van der Waals surface area contributed by atoms with Crippen LogP contribution in [0.3, 0.4) is 0 Å². The zero-order chi connectivity index (χ0) is 4.83. The van der Waals surface area contributed by atoms with Gasteiger partial charge in [-0.1, -0.05) is 6.58 Å². The standard InChI is InChI=1S/C3H6BO2/c1-3-6-4-5-2/h3H,1H2,2H3. The van der Waals surface area contributed by atoms with Gasteiger partial charge >= 0.3 is 7.69 Å². The van der Waals surface area contributed by atoms with Crippen LogP contribution in [0.4, 0.5) is 0 Å². The first-order valence-corrected chi connectivity index (χ1v) is 1.52. The Morgan fingerprint density at radius 3 is 2.67 bits per heavy atom. The summed E-state index contributed by atoms with van der Waals surface area (Å²) in [5.41, 5.74) is 0. The van der Waals surface area contributed by atoms with Crippen molar-refractivity contribution in [3.8, 4) is 0 Å². The Balaban J connectivity index is 2.49. The topological polar surface area (TPSA) is 18.5 Å². The summed E-state index contributed by atoms with van der Waals surface area (Å²) in [5, 5.41) is 0. The van der Waals surface area contributed by atoms with E-state index in [0.29, 0.717) is 0 Å². The van der Waals surface area contributed by atoms with Gasteiger partial charge in [-0.05, 0) is 0 Å². The lowest BCUT2D eigenvalue weighted by molar-refractivity contribution is 0.339. The van der Waals surface area contributed by atoms with Crippen LogP contribution in [-0.2, 0) is 9.31 Å². The Hall–Kier alpha value is -0.435. The molecule has 1 radical (unpaired) electrons. The second-order valence-corrected chi connectivity index (χ2v) is 0.635. The van der Waals surface area contributed by atoms with Crippen LogP contribution in [0.5, 0.6) is 0 Å². The molecular formula is C3H6BO2. The Morgan fingerprint density at radius 1 is 1.83 bits per heavy atom. The van der Waals surface area contributed by atoms with Gasteiger partial charge in [-0.2, -0.15) is 0 Å². The van der Waals surface area contributed by atoms with Crippen molar-refractivity contribution in [2.45, 2.75) is 0 Å². The molecule has 0 unspecified atom stereocenters. The van der Waals surface area contributed by atoms with E-state index in [9.17, 15) is 0 Å². The van der Waals surface area contributed by atoms with Crippen LogP contribution in [0.1, 0.15) is 0 Å². The minimum absolute atomic E-state index is 1.19. The fourth-order valence-corrected chi connectivity index (χ4v) is 0.0948. The third-order valence-corrected chi connectivity index (χ3v) is 0.248. The molecule has 0 aliphatic heterocycles. The second-order valence-electron chi connectivity index (χ2n) is 0.635. The summed E-state index contributed by atoms with van der Waals surface area (Å²) in [7, 11) is 2.69. The van der Waals surface area contributed by atoms with Crippen LogP contribution in [-0.4, -0.2) is 14.8 Å². The third kappa shape index (κ3) is 3.56. The van der Waals surface area contributed by atoms with Gasteiger partial charge in [0.15, 0.2) is 0 Å². The van der Waals surface area contributed by atoms with E-state index in [2.05, 4.69) is 15.9 Å². The molecule has 0 aromatic carbocycles. The van der Waals surface area contributed by atoms with Gasteiger partial charge in [0.25, 0.3) is 0 Å². The van der Waals surface area contributed by atoms with Crippen molar-refractivity contribution in [1.82, 2.24) is 0 Å². The SMILES string of the molecule is C=CO[B]OC. The quantitative estimate of drug-likeness (QED) is 0.279. The van der Waals surface area contributed by atoms with Crippen molar-refractivity contribution in [3.63, 3.8) is 0 Å². The first-order valence-electron chi connectivity index (χ1n) is 1.52. The summed E-state index contributed by atoms with van der Waals surface area (Å²) >= 11 is 0. The first kappa shape index (κ1) is 5.56. The molecule has 0 bridgehead atoms. The Labute approximate surface area is 38.1 Å². The fraction of sp³-hybridized carbons (Fsp3) is 0.333. The summed E-state index contributed by atoms with van der Waals surface area (Å²) in [4.78, 5) is 0. The third-order valence-electron chi connectivity index (χ3n) is 0.248. The molecule has 0 amide bonds. The molecule has 0 saturated heterocycles. The monoisotopic (exact) mass is 85.0 g/mol. The summed E-state index contributed by atoms with van der Waals surface area (Å²) in [5.74, 6) is 0. The van der Waals surface area contributed by atoms with Crippen molar-refractivity contribution in [3.05, 3.63) is 12.8 Å². The molecular weight excluding hydrogens is 78.8 g/mol. The molecule has 0 fully saturated rings. The molecule has 3 heteroatoms. The summed E-state index contributed by atoms with van der Waals surface area (Å²) in [6, 6.07) is 0. The van der Waals surface area contributed by atoms with Gasteiger partial charge in [0.1, 0.15) is 0 Å². The Morgan fingerprint density at radius 2 is 2.50 bits per heavy atom. The molecule has 0 atom stereocenters. The molecule has 33 valence electrons. The molecule has 6 heavy (non-hydrogen) atoms. The van der Waals surface area contributed by atoms with E-state index in [-0.39, 0.29) is 0 Å². The summed E-state index contributed by atoms with van der Waals surface area (Å²) < 4.78 is 8.76. The van der Waals surface area contributed by atoms with Crippen LogP contribution < -0.4 is 0 Å². The van der Waals surface area contributed by atoms with E-state index < -0.39 is 0 Å². The van der Waals surface area contributed by atoms with Gasteiger partial charge in [0.05, 0.1) is 6.26 Å². The van der Waals surface area contributed by atoms with Gasteiger partial charge in [0, 0.05) is 7.11 Å². The lowest BCUT2D eigenvalue weighted by atomic mass is 10.4. The highest BCUT2D eigenvalue weighted by Crippen LogP contribution is 1.65. The molecule has 0 aliphatic carbocycles. The lowest BCUT2D eigenvalue weighted by Crippen LogP contribution is -1.92. The highest BCUT2D eigenvalue weighted by Gasteiger charge is 1.79. The van der Waals surface area contributed by atoms with Crippen molar-refractivity contribution in [2.24, 2.45) is 0 Å². The fourth-order valence-electron chi connectivity index (χ4n) is 0.0948. The Kier molecular flexibility index (Phi) is 4.23. The average Bonchev–Trinajstić information content (AvgIpc) is 1.61. The van der Waals surface area contributed by atoms with Crippen molar-refractivity contribution < 1.29 is 9.31 Å². The van der Waals surface area contributed by atoms with Crippen LogP contribution in [0, 0.1) is 0 Å². The van der Waals surface area contributed by atoms with E-state index in [1.807, 2.05) is 0 Å². The molecule has 0 aromatic rings. The van der Waals surface area contributed by atoms with Crippen LogP contribution in [0.15, 0.2) is 12.8 Å². The highest BCUT2D eigenvalue weighted by molar-refractivity contribution is 6.18. The largest absolute Gasteiger partial charge is 0.571 e. The normalized spacial score (nSPS) is 6.83. The predicted octanol–water partition coefficient (Wildman–Crippen LogP) is 0.327. The number of rotatable bonds is 3. The molecule has 0 aliphatic rings. The average molecular weight is 84.9 g/mol. The number of hydrogen-bond donors (Lipinski definition) is 0. The molecule has 0 heterocycles. The Bertz CT molecular complexity index is 37.8. The van der Waals surface area contributed by atoms with Gasteiger partial charge in [-0.25, -0.2) is 0 Å². The van der Waals surface area contributed by atoms with Crippen LogP contribution >= 0.6 is 0 Å². The smallest absolute Gasteiger partial charge is 0.544 e. The molecule has 0 N–H and O–H groups in total. The second kappa shape index (κ2) is 4.56. The predicted molar refractivity (Wildman–Crippen MR) is 24.0 cm³/mol. The number of hydrogen-bond acceptors (Lipinski definition) is 2. The van der Waals surface area contributed by atoms with Crippen LogP contribution in [0.2, 0.25) is 0 Å². The highest BCUT2D eigenvalue weighted by atomic mass is 16.6. The molecule has 0 saturated carbocycles. The molecule has 0 spiro atoms. The van der Waals surface area contributed by atoms with Crippen molar-refractivity contribution >= 4 is 7.69 Å². The maximum atomic E-state index is 4.40. The van der Waals surface area contributed by atoms with E-state index in [1.165, 1.54) is 21.1 Å². The van der Waals surface area contributed by atoms with E-state index in [1.54, 1.807) is 0 Å². The van der Waals surface area contributed by atoms with Gasteiger partial charge in [-0.3, -0.25) is 0 Å².